The lowest BCUT2D eigenvalue weighted by atomic mass is 9.84. The normalized spacial score (nSPS) is 19.6. The van der Waals surface area contributed by atoms with E-state index in [2.05, 4.69) is 4.90 Å². The summed E-state index contributed by atoms with van der Waals surface area (Å²) in [7, 11) is 0. The predicted octanol–water partition coefficient (Wildman–Crippen LogP) is 7.25. The van der Waals surface area contributed by atoms with Crippen LogP contribution in [0.5, 0.6) is 5.75 Å². The van der Waals surface area contributed by atoms with Gasteiger partial charge in [0.05, 0.1) is 5.56 Å². The zero-order chi connectivity index (χ0) is 22.9. The number of hydrogen-bond acceptors (Lipinski definition) is 2. The third kappa shape index (κ3) is 4.92. The molecule has 1 saturated carbocycles. The molecule has 4 rings (SSSR count). The molecule has 1 aliphatic carbocycles. The highest BCUT2D eigenvalue weighted by Crippen LogP contribution is 2.37. The van der Waals surface area contributed by atoms with E-state index in [0.29, 0.717) is 25.1 Å². The minimum Gasteiger partial charge on any atom is -0.482 e. The van der Waals surface area contributed by atoms with Crippen LogP contribution in [-0.4, -0.2) is 24.1 Å². The van der Waals surface area contributed by atoms with Crippen LogP contribution < -0.4 is 4.74 Å². The fraction of sp³-hybridized carbons (Fsp3) is 0.520. The molecule has 7 heteroatoms. The first-order valence-corrected chi connectivity index (χ1v) is 11.3. The molecule has 2 nitrogen and oxygen atoms in total. The van der Waals surface area contributed by atoms with Crippen molar-refractivity contribution in [2.45, 2.75) is 69.7 Å². The van der Waals surface area contributed by atoms with Crippen LogP contribution in [0.25, 0.3) is 0 Å². The summed E-state index contributed by atoms with van der Waals surface area (Å²) in [4.78, 5) is 2.06. The van der Waals surface area contributed by atoms with Gasteiger partial charge in [-0.15, -0.1) is 0 Å². The Balaban J connectivity index is 1.38. The van der Waals surface area contributed by atoms with Gasteiger partial charge in [0.2, 0.25) is 0 Å². The van der Waals surface area contributed by atoms with Crippen molar-refractivity contribution in [3.05, 3.63) is 64.7 Å². The van der Waals surface area contributed by atoms with Gasteiger partial charge >= 0.3 is 6.18 Å². The fourth-order valence-corrected chi connectivity index (χ4v) is 4.93. The summed E-state index contributed by atoms with van der Waals surface area (Å²) in [5, 5.41) is 0. The Labute approximate surface area is 185 Å². The SMILES string of the molecule is CCC(c1ccc(C(F)(F)F)cc1)N1CC(Oc2c(F)cc(C3CCCCC3)cc2F)C1. The third-order valence-electron chi connectivity index (χ3n) is 6.71. The fourth-order valence-electron chi connectivity index (χ4n) is 4.93. The van der Waals surface area contributed by atoms with Gasteiger partial charge in [0, 0.05) is 19.1 Å². The van der Waals surface area contributed by atoms with E-state index < -0.39 is 23.4 Å². The lowest BCUT2D eigenvalue weighted by molar-refractivity contribution is -0.137. The van der Waals surface area contributed by atoms with Gasteiger partial charge in [-0.05, 0) is 60.6 Å². The molecule has 1 aliphatic heterocycles. The number of halogens is 5. The molecule has 0 aromatic heterocycles. The molecule has 1 heterocycles. The molecule has 1 saturated heterocycles. The van der Waals surface area contributed by atoms with Crippen LogP contribution in [0, 0.1) is 11.6 Å². The maximum Gasteiger partial charge on any atom is 0.416 e. The standard InChI is InChI=1S/C25H28F5NO/c1-2-23(17-8-10-19(11-9-17)25(28,29)30)31-14-20(15-31)32-24-21(26)12-18(13-22(24)27)16-6-4-3-5-7-16/h8-13,16,20,23H,2-7,14-15H2,1H3. The number of nitrogens with zero attached hydrogens (tertiary/aromatic N) is 1. The van der Waals surface area contributed by atoms with E-state index in [1.165, 1.54) is 30.7 Å². The Morgan fingerprint density at radius 1 is 0.969 bits per heavy atom. The molecule has 2 aromatic carbocycles. The Morgan fingerprint density at radius 2 is 1.56 bits per heavy atom. The summed E-state index contributed by atoms with van der Waals surface area (Å²) in [6.07, 6.45) is 1.24. The van der Waals surface area contributed by atoms with Gasteiger partial charge in [0.15, 0.2) is 17.4 Å². The van der Waals surface area contributed by atoms with Crippen LogP contribution in [-0.2, 0) is 6.18 Å². The number of benzene rings is 2. The van der Waals surface area contributed by atoms with Crippen molar-refractivity contribution in [2.75, 3.05) is 13.1 Å². The highest BCUT2D eigenvalue weighted by molar-refractivity contribution is 5.34. The zero-order valence-corrected chi connectivity index (χ0v) is 18.1. The van der Waals surface area contributed by atoms with Gasteiger partial charge in [0.1, 0.15) is 6.10 Å². The van der Waals surface area contributed by atoms with E-state index >= 15 is 0 Å². The number of hydrogen-bond donors (Lipinski definition) is 0. The first-order chi connectivity index (χ1) is 15.3. The second-order valence-corrected chi connectivity index (χ2v) is 8.89. The van der Waals surface area contributed by atoms with Crippen molar-refractivity contribution in [3.8, 4) is 5.75 Å². The molecule has 0 N–H and O–H groups in total. The van der Waals surface area contributed by atoms with Crippen LogP contribution >= 0.6 is 0 Å². The van der Waals surface area contributed by atoms with Crippen LogP contribution in [0.1, 0.15) is 74.1 Å². The van der Waals surface area contributed by atoms with E-state index in [4.69, 9.17) is 4.74 Å². The zero-order valence-electron chi connectivity index (χ0n) is 18.1. The molecule has 0 spiro atoms. The Kier molecular flexibility index (Phi) is 6.75. The monoisotopic (exact) mass is 453 g/mol. The van der Waals surface area contributed by atoms with Crippen LogP contribution in [0.15, 0.2) is 36.4 Å². The Morgan fingerprint density at radius 3 is 2.09 bits per heavy atom. The van der Waals surface area contributed by atoms with E-state index in [1.807, 2.05) is 6.92 Å². The molecule has 1 atom stereocenters. The summed E-state index contributed by atoms with van der Waals surface area (Å²) in [6, 6.07) is 7.90. The van der Waals surface area contributed by atoms with E-state index in [-0.39, 0.29) is 23.8 Å². The predicted molar refractivity (Wildman–Crippen MR) is 113 cm³/mol. The van der Waals surface area contributed by atoms with Crippen molar-refractivity contribution < 1.29 is 26.7 Å². The minimum atomic E-state index is -4.36. The van der Waals surface area contributed by atoms with E-state index in [1.54, 1.807) is 0 Å². The van der Waals surface area contributed by atoms with Crippen molar-refractivity contribution in [1.82, 2.24) is 4.90 Å². The number of likely N-dealkylation sites (tertiary alicyclic amines) is 1. The first-order valence-electron chi connectivity index (χ1n) is 11.3. The molecular weight excluding hydrogens is 425 g/mol. The van der Waals surface area contributed by atoms with Gasteiger partial charge in [-0.2, -0.15) is 13.2 Å². The number of alkyl halides is 3. The van der Waals surface area contributed by atoms with Crippen molar-refractivity contribution >= 4 is 0 Å². The first kappa shape index (κ1) is 23.0. The average molecular weight is 453 g/mol. The van der Waals surface area contributed by atoms with Crippen molar-refractivity contribution in [2.24, 2.45) is 0 Å². The quantitative estimate of drug-likeness (QED) is 0.427. The highest BCUT2D eigenvalue weighted by atomic mass is 19.4. The molecule has 1 unspecified atom stereocenters. The summed E-state index contributed by atoms with van der Waals surface area (Å²) >= 11 is 0. The minimum absolute atomic E-state index is 0.0690. The van der Waals surface area contributed by atoms with Crippen LogP contribution in [0.4, 0.5) is 22.0 Å². The van der Waals surface area contributed by atoms with Crippen molar-refractivity contribution in [1.29, 1.82) is 0 Å². The molecule has 2 fully saturated rings. The molecule has 0 amide bonds. The molecule has 0 bridgehead atoms. The Hall–Kier alpha value is -2.15. The largest absolute Gasteiger partial charge is 0.482 e. The molecule has 0 radical (unpaired) electrons. The van der Waals surface area contributed by atoms with Crippen LogP contribution in [0.3, 0.4) is 0 Å². The second-order valence-electron chi connectivity index (χ2n) is 8.89. The molecule has 2 aliphatic rings. The van der Waals surface area contributed by atoms with Crippen molar-refractivity contribution in [3.63, 3.8) is 0 Å². The highest BCUT2D eigenvalue weighted by Gasteiger charge is 2.36. The molecule has 32 heavy (non-hydrogen) atoms. The smallest absolute Gasteiger partial charge is 0.416 e. The summed E-state index contributed by atoms with van der Waals surface area (Å²) in [5.41, 5.74) is 0.812. The maximum absolute atomic E-state index is 14.6. The van der Waals surface area contributed by atoms with Gasteiger partial charge in [-0.25, -0.2) is 8.78 Å². The van der Waals surface area contributed by atoms with E-state index in [0.717, 1.165) is 43.4 Å². The van der Waals surface area contributed by atoms with Gasteiger partial charge in [-0.3, -0.25) is 4.90 Å². The summed E-state index contributed by atoms with van der Waals surface area (Å²) in [6.45, 7) is 2.88. The third-order valence-corrected chi connectivity index (χ3v) is 6.71. The number of rotatable bonds is 6. The number of ether oxygens (including phenoxy) is 1. The second kappa shape index (κ2) is 9.38. The summed E-state index contributed by atoms with van der Waals surface area (Å²) in [5.74, 6) is -1.47. The summed E-state index contributed by atoms with van der Waals surface area (Å²) < 4.78 is 73.3. The molecular formula is C25H28F5NO. The van der Waals surface area contributed by atoms with Gasteiger partial charge in [-0.1, -0.05) is 38.3 Å². The molecule has 174 valence electrons. The van der Waals surface area contributed by atoms with Gasteiger partial charge in [0.25, 0.3) is 0 Å². The van der Waals surface area contributed by atoms with E-state index in [9.17, 15) is 22.0 Å². The maximum atomic E-state index is 14.6. The van der Waals surface area contributed by atoms with Gasteiger partial charge < -0.3 is 4.74 Å². The Bertz CT molecular complexity index is 892. The average Bonchev–Trinajstić information content (AvgIpc) is 2.74. The topological polar surface area (TPSA) is 12.5 Å². The van der Waals surface area contributed by atoms with Crippen LogP contribution in [0.2, 0.25) is 0 Å². The lowest BCUT2D eigenvalue weighted by Crippen LogP contribution is -2.55. The lowest BCUT2D eigenvalue weighted by Gasteiger charge is -2.44. The molecule has 2 aromatic rings.